The van der Waals surface area contributed by atoms with Crippen LogP contribution >= 0.6 is 0 Å². The Labute approximate surface area is 152 Å². The van der Waals surface area contributed by atoms with Gasteiger partial charge in [0.1, 0.15) is 11.9 Å². The monoisotopic (exact) mass is 357 g/mol. The lowest BCUT2D eigenvalue weighted by Gasteiger charge is -2.50. The van der Waals surface area contributed by atoms with Crippen LogP contribution in [0.15, 0.2) is 47.4 Å². The number of benzene rings is 1. The van der Waals surface area contributed by atoms with E-state index in [9.17, 15) is 9.90 Å². The molecule has 2 aliphatic heterocycles. The molecule has 1 amide bonds. The summed E-state index contributed by atoms with van der Waals surface area (Å²) in [5.41, 5.74) is 0.194. The lowest BCUT2D eigenvalue weighted by Crippen LogP contribution is -2.63. The molecule has 7 nitrogen and oxygen atoms in total. The van der Waals surface area contributed by atoms with E-state index in [4.69, 9.17) is 9.15 Å². The molecule has 26 heavy (non-hydrogen) atoms. The lowest BCUT2D eigenvalue weighted by molar-refractivity contribution is -0.112. The zero-order valence-electron chi connectivity index (χ0n) is 14.6. The molecule has 138 valence electrons. The zero-order chi connectivity index (χ0) is 18.0. The highest BCUT2D eigenvalue weighted by molar-refractivity contribution is 5.92. The number of aliphatic hydroxyl groups is 1. The maximum absolute atomic E-state index is 12.7. The molecule has 0 spiro atoms. The van der Waals surface area contributed by atoms with E-state index in [1.54, 1.807) is 4.90 Å². The van der Waals surface area contributed by atoms with Gasteiger partial charge in [-0.25, -0.2) is 4.98 Å². The molecular formula is C19H23N3O4. The maximum atomic E-state index is 12.7. The predicted molar refractivity (Wildman–Crippen MR) is 93.5 cm³/mol. The molecule has 2 saturated heterocycles. The SMILES string of the molecule is O=C(c1cocn1)N1CC[C@](O)(c2ccccc2)[C@H](N2CCOCC2)C1. The third-order valence-electron chi connectivity index (χ3n) is 5.41. The van der Waals surface area contributed by atoms with Gasteiger partial charge < -0.3 is 19.2 Å². The summed E-state index contributed by atoms with van der Waals surface area (Å²) in [6.45, 7) is 3.67. The summed E-state index contributed by atoms with van der Waals surface area (Å²) >= 11 is 0. The van der Waals surface area contributed by atoms with E-state index in [2.05, 4.69) is 9.88 Å². The van der Waals surface area contributed by atoms with Gasteiger partial charge in [0.2, 0.25) is 0 Å². The lowest BCUT2D eigenvalue weighted by atomic mass is 9.79. The van der Waals surface area contributed by atoms with Gasteiger partial charge in [0.05, 0.1) is 19.3 Å². The van der Waals surface area contributed by atoms with E-state index >= 15 is 0 Å². The van der Waals surface area contributed by atoms with Crippen molar-refractivity contribution in [2.24, 2.45) is 0 Å². The first-order valence-electron chi connectivity index (χ1n) is 8.95. The number of oxazole rings is 1. The van der Waals surface area contributed by atoms with Gasteiger partial charge >= 0.3 is 0 Å². The molecule has 1 N–H and O–H groups in total. The minimum Gasteiger partial charge on any atom is -0.451 e. The number of carbonyl (C=O) groups is 1. The normalized spacial score (nSPS) is 27.4. The number of morpholine rings is 1. The number of likely N-dealkylation sites (tertiary alicyclic amines) is 1. The van der Waals surface area contributed by atoms with E-state index < -0.39 is 5.60 Å². The molecule has 0 saturated carbocycles. The van der Waals surface area contributed by atoms with Crippen molar-refractivity contribution >= 4 is 5.91 Å². The molecule has 4 rings (SSSR count). The quantitative estimate of drug-likeness (QED) is 0.887. The Kier molecular flexibility index (Phi) is 4.76. The highest BCUT2D eigenvalue weighted by Gasteiger charge is 2.47. The average Bonchev–Trinajstić information content (AvgIpc) is 3.24. The van der Waals surface area contributed by atoms with Gasteiger partial charge in [-0.15, -0.1) is 0 Å². The van der Waals surface area contributed by atoms with E-state index in [0.29, 0.717) is 38.4 Å². The van der Waals surface area contributed by atoms with E-state index in [1.165, 1.54) is 12.7 Å². The van der Waals surface area contributed by atoms with Gasteiger partial charge in [0, 0.05) is 26.2 Å². The van der Waals surface area contributed by atoms with Crippen LogP contribution in [-0.2, 0) is 10.3 Å². The van der Waals surface area contributed by atoms with Crippen LogP contribution in [0.2, 0.25) is 0 Å². The fraction of sp³-hybridized carbons (Fsp3) is 0.474. The standard InChI is InChI=1S/C19H23N3O4/c23-18(16-13-26-14-20-16)22-7-6-19(24,15-4-2-1-3-5-15)17(12-22)21-8-10-25-11-9-21/h1-5,13-14,17,24H,6-12H2/t17-,19+/m1/s1. The predicted octanol–water partition coefficient (Wildman–Crippen LogP) is 1.11. The van der Waals surface area contributed by atoms with Crippen molar-refractivity contribution < 1.29 is 19.1 Å². The third-order valence-corrected chi connectivity index (χ3v) is 5.41. The maximum Gasteiger partial charge on any atom is 0.275 e. The van der Waals surface area contributed by atoms with Gasteiger partial charge in [-0.05, 0) is 12.0 Å². The highest BCUT2D eigenvalue weighted by atomic mass is 16.5. The fourth-order valence-corrected chi connectivity index (χ4v) is 3.96. The largest absolute Gasteiger partial charge is 0.451 e. The molecule has 2 aliphatic rings. The van der Waals surface area contributed by atoms with Crippen LogP contribution in [-0.4, -0.2) is 71.2 Å². The van der Waals surface area contributed by atoms with E-state index in [0.717, 1.165) is 18.7 Å². The number of aromatic nitrogens is 1. The van der Waals surface area contributed by atoms with Gasteiger partial charge in [-0.2, -0.15) is 0 Å². The summed E-state index contributed by atoms with van der Waals surface area (Å²) in [6.07, 6.45) is 3.10. The van der Waals surface area contributed by atoms with E-state index in [-0.39, 0.29) is 11.9 Å². The molecule has 0 unspecified atom stereocenters. The number of amides is 1. The molecule has 0 aliphatic carbocycles. The minimum atomic E-state index is -1.00. The molecule has 1 aromatic carbocycles. The molecule has 7 heteroatoms. The molecule has 0 bridgehead atoms. The molecule has 3 heterocycles. The van der Waals surface area contributed by atoms with Gasteiger partial charge in [-0.1, -0.05) is 30.3 Å². The highest BCUT2D eigenvalue weighted by Crippen LogP contribution is 2.36. The second-order valence-electron chi connectivity index (χ2n) is 6.83. The molecule has 0 radical (unpaired) electrons. The number of hydrogen-bond acceptors (Lipinski definition) is 6. The van der Waals surface area contributed by atoms with Crippen LogP contribution in [0.5, 0.6) is 0 Å². The van der Waals surface area contributed by atoms with Crippen molar-refractivity contribution in [2.45, 2.75) is 18.1 Å². The Hall–Kier alpha value is -2.22. The van der Waals surface area contributed by atoms with Crippen molar-refractivity contribution in [3.63, 3.8) is 0 Å². The number of piperidine rings is 1. The van der Waals surface area contributed by atoms with Crippen LogP contribution in [0.1, 0.15) is 22.5 Å². The second-order valence-corrected chi connectivity index (χ2v) is 6.83. The second kappa shape index (κ2) is 7.19. The summed E-state index contributed by atoms with van der Waals surface area (Å²) in [5.74, 6) is -0.160. The van der Waals surface area contributed by atoms with Crippen LogP contribution in [0.3, 0.4) is 0 Å². The first-order valence-corrected chi connectivity index (χ1v) is 8.95. The third kappa shape index (κ3) is 3.13. The zero-order valence-corrected chi connectivity index (χ0v) is 14.6. The molecule has 1 aromatic heterocycles. The molecule has 2 aromatic rings. The Morgan fingerprint density at radius 3 is 2.65 bits per heavy atom. The first-order chi connectivity index (χ1) is 12.7. The van der Waals surface area contributed by atoms with Crippen molar-refractivity contribution in [3.05, 3.63) is 54.2 Å². The number of carbonyl (C=O) groups excluding carboxylic acids is 1. The van der Waals surface area contributed by atoms with Crippen LogP contribution < -0.4 is 0 Å². The Morgan fingerprint density at radius 1 is 1.19 bits per heavy atom. The summed E-state index contributed by atoms with van der Waals surface area (Å²) < 4.78 is 10.4. The first kappa shape index (κ1) is 17.2. The number of ether oxygens (including phenoxy) is 1. The molecular weight excluding hydrogens is 334 g/mol. The minimum absolute atomic E-state index is 0.160. The van der Waals surface area contributed by atoms with Gasteiger partial charge in [0.15, 0.2) is 12.1 Å². The van der Waals surface area contributed by atoms with Crippen molar-refractivity contribution in [2.75, 3.05) is 39.4 Å². The fourth-order valence-electron chi connectivity index (χ4n) is 3.96. The van der Waals surface area contributed by atoms with Crippen molar-refractivity contribution in [1.29, 1.82) is 0 Å². The summed E-state index contributed by atoms with van der Waals surface area (Å²) in [4.78, 5) is 20.7. The van der Waals surface area contributed by atoms with Crippen LogP contribution in [0.4, 0.5) is 0 Å². The van der Waals surface area contributed by atoms with Gasteiger partial charge in [-0.3, -0.25) is 9.69 Å². The average molecular weight is 357 g/mol. The number of hydrogen-bond donors (Lipinski definition) is 1. The summed E-state index contributed by atoms with van der Waals surface area (Å²) in [5, 5.41) is 11.6. The summed E-state index contributed by atoms with van der Waals surface area (Å²) in [6, 6.07) is 9.55. The Balaban J connectivity index is 1.62. The van der Waals surface area contributed by atoms with Crippen LogP contribution in [0, 0.1) is 0 Å². The van der Waals surface area contributed by atoms with Crippen molar-refractivity contribution in [1.82, 2.24) is 14.8 Å². The Morgan fingerprint density at radius 2 is 1.96 bits per heavy atom. The number of rotatable bonds is 3. The topological polar surface area (TPSA) is 79.0 Å². The molecule has 2 fully saturated rings. The van der Waals surface area contributed by atoms with Gasteiger partial charge in [0.25, 0.3) is 5.91 Å². The van der Waals surface area contributed by atoms with Crippen molar-refractivity contribution in [3.8, 4) is 0 Å². The molecule has 2 atom stereocenters. The number of nitrogens with zero attached hydrogens (tertiary/aromatic N) is 3. The Bertz CT molecular complexity index is 731. The van der Waals surface area contributed by atoms with Crippen LogP contribution in [0.25, 0.3) is 0 Å². The van der Waals surface area contributed by atoms with E-state index in [1.807, 2.05) is 30.3 Å². The summed E-state index contributed by atoms with van der Waals surface area (Å²) in [7, 11) is 0. The smallest absolute Gasteiger partial charge is 0.275 e.